The van der Waals surface area contributed by atoms with Gasteiger partial charge in [-0.05, 0) is 38.1 Å². The number of carboxylic acid groups (broad SMARTS) is 1. The summed E-state index contributed by atoms with van der Waals surface area (Å²) in [6, 6.07) is 8.00. The highest BCUT2D eigenvalue weighted by atomic mass is 16.4. The van der Waals surface area contributed by atoms with E-state index in [2.05, 4.69) is 11.0 Å². The maximum absolute atomic E-state index is 11.7. The van der Waals surface area contributed by atoms with Gasteiger partial charge in [-0.2, -0.15) is 0 Å². The molecule has 0 atom stereocenters. The summed E-state index contributed by atoms with van der Waals surface area (Å²) >= 11 is 0. The van der Waals surface area contributed by atoms with Gasteiger partial charge >= 0.3 is 5.97 Å². The summed E-state index contributed by atoms with van der Waals surface area (Å²) in [5.41, 5.74) is 1.52. The molecule has 1 aromatic carbocycles. The lowest BCUT2D eigenvalue weighted by atomic mass is 9.76. The Morgan fingerprint density at radius 1 is 1.28 bits per heavy atom. The van der Waals surface area contributed by atoms with Crippen molar-refractivity contribution in [3.63, 3.8) is 0 Å². The third-order valence-corrected chi connectivity index (χ3v) is 3.89. The van der Waals surface area contributed by atoms with E-state index in [0.717, 1.165) is 43.4 Å². The smallest absolute Gasteiger partial charge is 0.314 e. The van der Waals surface area contributed by atoms with Crippen LogP contribution in [0.5, 0.6) is 0 Å². The molecule has 1 N–H and O–H groups in total. The number of carbonyl (C=O) groups is 1. The summed E-state index contributed by atoms with van der Waals surface area (Å²) in [5.74, 6) is -0.661. The summed E-state index contributed by atoms with van der Waals surface area (Å²) in [7, 11) is 4.03. The molecule has 3 heteroatoms. The van der Waals surface area contributed by atoms with Gasteiger partial charge in [-0.25, -0.2) is 0 Å². The minimum atomic E-state index is -0.661. The van der Waals surface area contributed by atoms with Crippen LogP contribution in [-0.4, -0.2) is 30.1 Å². The Morgan fingerprint density at radius 2 is 1.89 bits per heavy atom. The molecular formula is C15H21NO2. The Morgan fingerprint density at radius 3 is 2.44 bits per heavy atom. The highest BCUT2D eigenvalue weighted by Gasteiger charge is 2.43. The number of hydrogen-bond acceptors (Lipinski definition) is 2. The molecule has 0 aromatic heterocycles. The van der Waals surface area contributed by atoms with Gasteiger partial charge in [0.1, 0.15) is 0 Å². The zero-order valence-corrected chi connectivity index (χ0v) is 11.1. The molecule has 0 aliphatic heterocycles. The summed E-state index contributed by atoms with van der Waals surface area (Å²) in [4.78, 5) is 13.8. The Labute approximate surface area is 108 Å². The molecule has 0 radical (unpaired) electrons. The Hall–Kier alpha value is -1.35. The minimum absolute atomic E-state index is 0.646. The third kappa shape index (κ3) is 2.27. The van der Waals surface area contributed by atoms with E-state index >= 15 is 0 Å². The Balaban J connectivity index is 2.45. The molecule has 0 amide bonds. The molecule has 1 aromatic rings. The van der Waals surface area contributed by atoms with Crippen LogP contribution in [0.4, 0.5) is 0 Å². The molecule has 2 rings (SSSR count). The fourth-order valence-corrected chi connectivity index (χ4v) is 3.04. The van der Waals surface area contributed by atoms with Crippen molar-refractivity contribution in [2.75, 3.05) is 14.1 Å². The van der Waals surface area contributed by atoms with E-state index < -0.39 is 11.4 Å². The van der Waals surface area contributed by atoms with Crippen LogP contribution in [0.2, 0.25) is 0 Å². The van der Waals surface area contributed by atoms with Crippen LogP contribution in [-0.2, 0) is 16.8 Å². The van der Waals surface area contributed by atoms with Crippen molar-refractivity contribution in [1.29, 1.82) is 0 Å². The zero-order valence-electron chi connectivity index (χ0n) is 11.1. The second-order valence-electron chi connectivity index (χ2n) is 5.49. The van der Waals surface area contributed by atoms with Crippen LogP contribution in [0.25, 0.3) is 0 Å². The van der Waals surface area contributed by atoms with Crippen LogP contribution in [0.1, 0.15) is 36.8 Å². The highest BCUT2D eigenvalue weighted by Crippen LogP contribution is 2.42. The number of hydrogen-bond donors (Lipinski definition) is 1. The fraction of sp³-hybridized carbons (Fsp3) is 0.533. The maximum atomic E-state index is 11.7. The van der Waals surface area contributed by atoms with Gasteiger partial charge in [0.05, 0.1) is 5.41 Å². The monoisotopic (exact) mass is 247 g/mol. The van der Waals surface area contributed by atoms with Crippen LogP contribution < -0.4 is 0 Å². The van der Waals surface area contributed by atoms with E-state index in [1.807, 2.05) is 32.3 Å². The van der Waals surface area contributed by atoms with E-state index in [-0.39, 0.29) is 0 Å². The van der Waals surface area contributed by atoms with Gasteiger partial charge in [-0.3, -0.25) is 4.79 Å². The standard InChI is InChI=1S/C15H21NO2/c1-16(2)11-12-7-3-4-8-13(12)15(14(17)18)9-5-6-10-15/h3-4,7-8H,5-6,9-11H2,1-2H3,(H,17,18). The molecule has 0 spiro atoms. The van der Waals surface area contributed by atoms with E-state index in [0.29, 0.717) is 0 Å². The number of benzene rings is 1. The quantitative estimate of drug-likeness (QED) is 0.889. The molecule has 98 valence electrons. The van der Waals surface area contributed by atoms with Crippen molar-refractivity contribution >= 4 is 5.97 Å². The van der Waals surface area contributed by atoms with Crippen molar-refractivity contribution in [1.82, 2.24) is 4.90 Å². The topological polar surface area (TPSA) is 40.5 Å². The lowest BCUT2D eigenvalue weighted by molar-refractivity contribution is -0.143. The SMILES string of the molecule is CN(C)Cc1ccccc1C1(C(=O)O)CCCC1. The average Bonchev–Trinajstić information content (AvgIpc) is 2.79. The molecule has 1 aliphatic rings. The maximum Gasteiger partial charge on any atom is 0.314 e. The lowest BCUT2D eigenvalue weighted by Gasteiger charge is -2.28. The van der Waals surface area contributed by atoms with Gasteiger partial charge in [0.25, 0.3) is 0 Å². The first-order chi connectivity index (χ1) is 8.56. The van der Waals surface area contributed by atoms with Gasteiger partial charge in [-0.1, -0.05) is 37.1 Å². The number of carboxylic acids is 1. The van der Waals surface area contributed by atoms with E-state index in [4.69, 9.17) is 0 Å². The third-order valence-electron chi connectivity index (χ3n) is 3.89. The number of aliphatic carboxylic acids is 1. The molecule has 0 heterocycles. The molecule has 1 saturated carbocycles. The molecular weight excluding hydrogens is 226 g/mol. The van der Waals surface area contributed by atoms with Crippen molar-refractivity contribution in [3.05, 3.63) is 35.4 Å². The van der Waals surface area contributed by atoms with Gasteiger partial charge in [-0.15, -0.1) is 0 Å². The number of nitrogens with zero attached hydrogens (tertiary/aromatic N) is 1. The van der Waals surface area contributed by atoms with Gasteiger partial charge < -0.3 is 10.0 Å². The largest absolute Gasteiger partial charge is 0.481 e. The minimum Gasteiger partial charge on any atom is -0.481 e. The molecule has 1 fully saturated rings. The fourth-order valence-electron chi connectivity index (χ4n) is 3.04. The molecule has 1 aliphatic carbocycles. The molecule has 0 unspecified atom stereocenters. The average molecular weight is 247 g/mol. The van der Waals surface area contributed by atoms with Gasteiger partial charge in [0, 0.05) is 6.54 Å². The van der Waals surface area contributed by atoms with E-state index in [1.54, 1.807) is 0 Å². The van der Waals surface area contributed by atoms with Crippen LogP contribution in [0.3, 0.4) is 0 Å². The van der Waals surface area contributed by atoms with E-state index in [1.165, 1.54) is 0 Å². The predicted molar refractivity (Wildman–Crippen MR) is 71.6 cm³/mol. The van der Waals surface area contributed by atoms with Crippen LogP contribution in [0, 0.1) is 0 Å². The molecule has 3 nitrogen and oxygen atoms in total. The van der Waals surface area contributed by atoms with Crippen LogP contribution in [0.15, 0.2) is 24.3 Å². The Kier molecular flexibility index (Phi) is 3.71. The summed E-state index contributed by atoms with van der Waals surface area (Å²) < 4.78 is 0. The highest BCUT2D eigenvalue weighted by molar-refractivity contribution is 5.82. The Bertz CT molecular complexity index is 434. The van der Waals surface area contributed by atoms with E-state index in [9.17, 15) is 9.90 Å². The van der Waals surface area contributed by atoms with Crippen molar-refractivity contribution in [2.24, 2.45) is 0 Å². The summed E-state index contributed by atoms with van der Waals surface area (Å²) in [6.45, 7) is 0.797. The second kappa shape index (κ2) is 5.11. The number of rotatable bonds is 4. The summed E-state index contributed by atoms with van der Waals surface area (Å²) in [6.07, 6.45) is 3.57. The lowest BCUT2D eigenvalue weighted by Crippen LogP contribution is -2.34. The normalized spacial score (nSPS) is 18.2. The van der Waals surface area contributed by atoms with Crippen molar-refractivity contribution in [3.8, 4) is 0 Å². The van der Waals surface area contributed by atoms with Crippen LogP contribution >= 0.6 is 0 Å². The molecule has 0 saturated heterocycles. The molecule has 18 heavy (non-hydrogen) atoms. The summed E-state index contributed by atoms with van der Waals surface area (Å²) in [5, 5.41) is 9.66. The molecule has 0 bridgehead atoms. The first-order valence-corrected chi connectivity index (χ1v) is 6.53. The van der Waals surface area contributed by atoms with Gasteiger partial charge in [0.15, 0.2) is 0 Å². The zero-order chi connectivity index (χ0) is 13.2. The first kappa shape index (κ1) is 13.1. The predicted octanol–water partition coefficient (Wildman–Crippen LogP) is 2.64. The van der Waals surface area contributed by atoms with Crippen molar-refractivity contribution < 1.29 is 9.90 Å². The van der Waals surface area contributed by atoms with Gasteiger partial charge in [0.2, 0.25) is 0 Å². The first-order valence-electron chi connectivity index (χ1n) is 6.53. The second-order valence-corrected chi connectivity index (χ2v) is 5.49. The van der Waals surface area contributed by atoms with Crippen molar-refractivity contribution in [2.45, 2.75) is 37.6 Å².